The highest BCUT2D eigenvalue weighted by Gasteiger charge is 2.49. The first kappa shape index (κ1) is 11.9. The van der Waals surface area contributed by atoms with E-state index in [1.807, 2.05) is 20.1 Å². The highest BCUT2D eigenvalue weighted by Crippen LogP contribution is 2.38. The van der Waals surface area contributed by atoms with Gasteiger partial charge in [0.25, 0.3) is 0 Å². The average Bonchev–Trinajstić information content (AvgIpc) is 2.46. The number of hydrogen-bond acceptors (Lipinski definition) is 4. The number of thioether (sulfide) groups is 1. The molecule has 3 nitrogen and oxygen atoms in total. The summed E-state index contributed by atoms with van der Waals surface area (Å²) in [6.45, 7) is 4.52. The Morgan fingerprint density at radius 3 is 2.64 bits per heavy atom. The molecule has 1 fully saturated rings. The Bertz CT molecular complexity index is 217. The molecule has 0 aromatic heterocycles. The van der Waals surface area contributed by atoms with Crippen LogP contribution in [-0.4, -0.2) is 34.8 Å². The number of aliphatic hydroxyl groups excluding tert-OH is 1. The molecule has 0 aromatic carbocycles. The second-order valence-electron chi connectivity index (χ2n) is 4.12. The van der Waals surface area contributed by atoms with E-state index in [1.54, 1.807) is 0 Å². The molecule has 1 aliphatic heterocycles. The van der Waals surface area contributed by atoms with Crippen LogP contribution in [0.5, 0.6) is 0 Å². The first-order valence-electron chi connectivity index (χ1n) is 4.93. The van der Waals surface area contributed by atoms with Crippen molar-refractivity contribution in [3.05, 3.63) is 0 Å². The second-order valence-corrected chi connectivity index (χ2v) is 5.26. The van der Waals surface area contributed by atoms with E-state index in [4.69, 9.17) is 4.74 Å². The molecule has 0 unspecified atom stereocenters. The van der Waals surface area contributed by atoms with Gasteiger partial charge in [-0.3, -0.25) is 4.79 Å². The molecule has 1 N–H and O–H groups in total. The lowest BCUT2D eigenvalue weighted by atomic mass is 9.92. The Morgan fingerprint density at radius 2 is 2.29 bits per heavy atom. The quantitative estimate of drug-likeness (QED) is 0.725. The van der Waals surface area contributed by atoms with E-state index in [-0.39, 0.29) is 5.97 Å². The summed E-state index contributed by atoms with van der Waals surface area (Å²) in [4.78, 5) is 11.5. The number of carbonyl (C=O) groups excluding carboxylic acids is 1. The summed E-state index contributed by atoms with van der Waals surface area (Å²) >= 11 is 1.41. The van der Waals surface area contributed by atoms with Gasteiger partial charge < -0.3 is 9.84 Å². The van der Waals surface area contributed by atoms with Crippen LogP contribution in [0.15, 0.2) is 0 Å². The SMILES string of the molecule is CS[C@]1([C@H](O)CC(C)C)CCOC1=O. The number of hydrogen-bond donors (Lipinski definition) is 1. The highest BCUT2D eigenvalue weighted by molar-refractivity contribution is 8.00. The third-order valence-corrected chi connectivity index (χ3v) is 4.02. The van der Waals surface area contributed by atoms with Gasteiger partial charge >= 0.3 is 5.97 Å². The van der Waals surface area contributed by atoms with Gasteiger partial charge in [0.2, 0.25) is 0 Å². The van der Waals surface area contributed by atoms with Crippen LogP contribution in [0.4, 0.5) is 0 Å². The molecule has 0 radical (unpaired) electrons. The third-order valence-electron chi connectivity index (χ3n) is 2.65. The van der Waals surface area contributed by atoms with Crippen molar-refractivity contribution in [2.75, 3.05) is 12.9 Å². The van der Waals surface area contributed by atoms with Gasteiger partial charge in [0.1, 0.15) is 4.75 Å². The first-order valence-corrected chi connectivity index (χ1v) is 6.16. The molecule has 1 aliphatic rings. The number of cyclic esters (lactones) is 1. The predicted molar refractivity (Wildman–Crippen MR) is 57.3 cm³/mol. The summed E-state index contributed by atoms with van der Waals surface area (Å²) in [5, 5.41) is 10.0. The summed E-state index contributed by atoms with van der Waals surface area (Å²) in [6.07, 6.45) is 2.54. The molecule has 0 saturated carbocycles. The fraction of sp³-hybridized carbons (Fsp3) is 0.900. The molecule has 2 atom stereocenters. The monoisotopic (exact) mass is 218 g/mol. The van der Waals surface area contributed by atoms with Crippen molar-refractivity contribution in [3.63, 3.8) is 0 Å². The topological polar surface area (TPSA) is 46.5 Å². The Balaban J connectivity index is 2.73. The fourth-order valence-electron chi connectivity index (χ4n) is 1.78. The molecule has 82 valence electrons. The summed E-state index contributed by atoms with van der Waals surface area (Å²) in [5.74, 6) is 0.139. The normalized spacial score (nSPS) is 29.4. The Hall–Kier alpha value is -0.220. The zero-order chi connectivity index (χ0) is 10.8. The van der Waals surface area contributed by atoms with Crippen molar-refractivity contribution < 1.29 is 14.6 Å². The van der Waals surface area contributed by atoms with Crippen LogP contribution in [0.3, 0.4) is 0 Å². The van der Waals surface area contributed by atoms with Crippen LogP contribution in [-0.2, 0) is 9.53 Å². The van der Waals surface area contributed by atoms with E-state index >= 15 is 0 Å². The lowest BCUT2D eigenvalue weighted by Crippen LogP contribution is -2.43. The summed E-state index contributed by atoms with van der Waals surface area (Å²) in [7, 11) is 0. The zero-order valence-electron chi connectivity index (χ0n) is 8.95. The van der Waals surface area contributed by atoms with E-state index in [2.05, 4.69) is 0 Å². The van der Waals surface area contributed by atoms with Crippen LogP contribution in [0.1, 0.15) is 26.7 Å². The molecular formula is C10H18O3S. The van der Waals surface area contributed by atoms with Crippen molar-refractivity contribution in [1.29, 1.82) is 0 Å². The highest BCUT2D eigenvalue weighted by atomic mass is 32.2. The maximum atomic E-state index is 11.5. The zero-order valence-corrected chi connectivity index (χ0v) is 9.76. The Kier molecular flexibility index (Phi) is 3.84. The lowest BCUT2D eigenvalue weighted by molar-refractivity contribution is -0.142. The van der Waals surface area contributed by atoms with Crippen LogP contribution >= 0.6 is 11.8 Å². The van der Waals surface area contributed by atoms with E-state index in [0.29, 0.717) is 25.4 Å². The largest absolute Gasteiger partial charge is 0.465 e. The van der Waals surface area contributed by atoms with Crippen LogP contribution in [0.2, 0.25) is 0 Å². The van der Waals surface area contributed by atoms with Crippen molar-refractivity contribution in [2.45, 2.75) is 37.5 Å². The van der Waals surface area contributed by atoms with Gasteiger partial charge in [0.15, 0.2) is 0 Å². The molecule has 1 rings (SSSR count). The van der Waals surface area contributed by atoms with Crippen molar-refractivity contribution in [3.8, 4) is 0 Å². The molecule has 0 spiro atoms. The number of aliphatic hydroxyl groups is 1. The molecule has 1 saturated heterocycles. The molecular weight excluding hydrogens is 200 g/mol. The summed E-state index contributed by atoms with van der Waals surface area (Å²) in [5.41, 5.74) is 0. The van der Waals surface area contributed by atoms with Gasteiger partial charge in [-0.2, -0.15) is 0 Å². The minimum absolute atomic E-state index is 0.252. The van der Waals surface area contributed by atoms with Crippen LogP contribution in [0, 0.1) is 5.92 Å². The van der Waals surface area contributed by atoms with Gasteiger partial charge in [0.05, 0.1) is 12.7 Å². The smallest absolute Gasteiger partial charge is 0.325 e. The Morgan fingerprint density at radius 1 is 1.64 bits per heavy atom. The molecule has 0 aliphatic carbocycles. The van der Waals surface area contributed by atoms with Gasteiger partial charge in [0, 0.05) is 6.42 Å². The minimum Gasteiger partial charge on any atom is -0.465 e. The molecule has 0 aromatic rings. The van der Waals surface area contributed by atoms with Crippen LogP contribution in [0.25, 0.3) is 0 Å². The predicted octanol–water partition coefficient (Wildman–Crippen LogP) is 1.44. The first-order chi connectivity index (χ1) is 6.53. The molecule has 0 amide bonds. The minimum atomic E-state index is -0.704. The number of carbonyl (C=O) groups is 1. The average molecular weight is 218 g/mol. The van der Waals surface area contributed by atoms with E-state index < -0.39 is 10.9 Å². The summed E-state index contributed by atoms with van der Waals surface area (Å²) in [6, 6.07) is 0. The number of rotatable bonds is 4. The van der Waals surface area contributed by atoms with Crippen LogP contribution < -0.4 is 0 Å². The number of ether oxygens (including phenoxy) is 1. The van der Waals surface area contributed by atoms with Gasteiger partial charge in [-0.15, -0.1) is 11.8 Å². The van der Waals surface area contributed by atoms with Crippen molar-refractivity contribution in [2.24, 2.45) is 5.92 Å². The second kappa shape index (κ2) is 4.53. The van der Waals surface area contributed by atoms with Gasteiger partial charge in [-0.25, -0.2) is 0 Å². The van der Waals surface area contributed by atoms with E-state index in [9.17, 15) is 9.90 Å². The van der Waals surface area contributed by atoms with E-state index in [0.717, 1.165) is 0 Å². The molecule has 1 heterocycles. The maximum absolute atomic E-state index is 11.5. The molecule has 4 heteroatoms. The lowest BCUT2D eigenvalue weighted by Gasteiger charge is -2.29. The fourth-order valence-corrected chi connectivity index (χ4v) is 2.66. The standard InChI is InChI=1S/C10H18O3S/c1-7(2)6-8(11)10(14-3)4-5-13-9(10)12/h7-8,11H,4-6H2,1-3H3/t8-,10+/m1/s1. The summed E-state index contributed by atoms with van der Waals surface area (Å²) < 4.78 is 4.24. The van der Waals surface area contributed by atoms with Gasteiger partial charge in [-0.1, -0.05) is 13.8 Å². The van der Waals surface area contributed by atoms with Crippen molar-refractivity contribution in [1.82, 2.24) is 0 Å². The Labute approximate surface area is 89.2 Å². The molecule has 0 bridgehead atoms. The van der Waals surface area contributed by atoms with E-state index in [1.165, 1.54) is 11.8 Å². The third kappa shape index (κ3) is 2.06. The molecule has 14 heavy (non-hydrogen) atoms. The maximum Gasteiger partial charge on any atom is 0.325 e. The van der Waals surface area contributed by atoms with Gasteiger partial charge in [-0.05, 0) is 18.6 Å². The van der Waals surface area contributed by atoms with Crippen molar-refractivity contribution >= 4 is 17.7 Å². The number of esters is 1.